The minimum atomic E-state index is -0.946. The van der Waals surface area contributed by atoms with Gasteiger partial charge in [0.15, 0.2) is 0 Å². The van der Waals surface area contributed by atoms with Crippen molar-refractivity contribution in [2.75, 3.05) is 6.61 Å². The molecule has 0 saturated heterocycles. The molecule has 1 aromatic heterocycles. The molecule has 0 aromatic carbocycles. The second-order valence-corrected chi connectivity index (χ2v) is 6.57. The van der Waals surface area contributed by atoms with Crippen LogP contribution in [-0.4, -0.2) is 34.7 Å². The lowest BCUT2D eigenvalue weighted by atomic mass is 10.1. The van der Waals surface area contributed by atoms with E-state index in [-0.39, 0.29) is 23.7 Å². The first kappa shape index (κ1) is 20.4. The maximum Gasteiger partial charge on any atom is 0.340 e. The number of nitrogens with two attached hydrogens (primary N) is 1. The number of hydrogen-bond acceptors (Lipinski definition) is 7. The molecule has 3 amide bonds. The number of aromatic nitrogens is 1. The van der Waals surface area contributed by atoms with Crippen molar-refractivity contribution in [2.24, 2.45) is 11.7 Å². The lowest BCUT2D eigenvalue weighted by Gasteiger charge is -2.19. The first-order valence-electron chi connectivity index (χ1n) is 7.57. The van der Waals surface area contributed by atoms with E-state index in [4.69, 9.17) is 10.5 Å². The molecule has 0 saturated carbocycles. The summed E-state index contributed by atoms with van der Waals surface area (Å²) in [5.74, 6) is -1.28. The van der Waals surface area contributed by atoms with Gasteiger partial charge >= 0.3 is 12.0 Å². The number of carbonyl (C=O) groups excluding carboxylic acids is 3. The number of pyridine rings is 1. The Labute approximate surface area is 150 Å². The van der Waals surface area contributed by atoms with Crippen molar-refractivity contribution >= 4 is 29.7 Å². The van der Waals surface area contributed by atoms with Crippen molar-refractivity contribution < 1.29 is 19.1 Å². The van der Waals surface area contributed by atoms with Crippen molar-refractivity contribution in [3.63, 3.8) is 0 Å². The molecule has 0 aliphatic heterocycles. The number of thioether (sulfide) groups is 1. The van der Waals surface area contributed by atoms with Crippen LogP contribution in [0, 0.1) is 24.2 Å². The third kappa shape index (κ3) is 5.46. The van der Waals surface area contributed by atoms with E-state index in [2.05, 4.69) is 4.98 Å². The van der Waals surface area contributed by atoms with Crippen LogP contribution in [0.5, 0.6) is 0 Å². The van der Waals surface area contributed by atoms with E-state index < -0.39 is 23.2 Å². The predicted molar refractivity (Wildman–Crippen MR) is 91.9 cm³/mol. The molecular weight excluding hydrogens is 344 g/mol. The van der Waals surface area contributed by atoms with Crippen LogP contribution >= 0.6 is 11.8 Å². The number of aryl methyl sites for hydroxylation is 1. The number of ether oxygens (including phenoxy) is 1. The van der Waals surface area contributed by atoms with E-state index in [0.29, 0.717) is 10.7 Å². The maximum atomic E-state index is 12.1. The predicted octanol–water partition coefficient (Wildman–Crippen LogP) is 1.75. The second kappa shape index (κ2) is 9.03. The number of amides is 3. The van der Waals surface area contributed by atoms with E-state index >= 15 is 0 Å². The van der Waals surface area contributed by atoms with Crippen LogP contribution in [0.1, 0.15) is 42.4 Å². The van der Waals surface area contributed by atoms with Crippen molar-refractivity contribution in [1.29, 1.82) is 5.26 Å². The van der Waals surface area contributed by atoms with E-state index in [1.54, 1.807) is 27.7 Å². The van der Waals surface area contributed by atoms with Crippen molar-refractivity contribution in [3.8, 4) is 6.07 Å². The average molecular weight is 364 g/mol. The van der Waals surface area contributed by atoms with Gasteiger partial charge in [0, 0.05) is 0 Å². The summed E-state index contributed by atoms with van der Waals surface area (Å²) in [6.07, 6.45) is 0. The van der Waals surface area contributed by atoms with Gasteiger partial charge in [-0.25, -0.2) is 14.6 Å². The van der Waals surface area contributed by atoms with Gasteiger partial charge in [-0.3, -0.25) is 10.1 Å². The summed E-state index contributed by atoms with van der Waals surface area (Å²) in [6, 6.07) is 2.42. The number of nitriles is 1. The third-order valence-corrected chi connectivity index (χ3v) is 4.69. The van der Waals surface area contributed by atoms with Crippen LogP contribution in [0.4, 0.5) is 4.79 Å². The quantitative estimate of drug-likeness (QED) is 0.580. The molecule has 1 atom stereocenters. The standard InChI is InChI=1S/C16H20N4O4S/c1-5-24-15(22)11-6-10(7-17)14(19-9(11)4)25-12(8(2)3)13(21)20-16(18)23/h6,8,12H,5H2,1-4H3,(H3,18,20,21,23). The summed E-state index contributed by atoms with van der Waals surface area (Å²) in [5, 5.41) is 11.0. The highest BCUT2D eigenvalue weighted by molar-refractivity contribution is 8.00. The van der Waals surface area contributed by atoms with Crippen LogP contribution in [0.25, 0.3) is 0 Å². The average Bonchev–Trinajstić information content (AvgIpc) is 2.51. The number of primary amides is 1. The Morgan fingerprint density at radius 1 is 1.44 bits per heavy atom. The highest BCUT2D eigenvalue weighted by atomic mass is 32.2. The molecule has 8 nitrogen and oxygen atoms in total. The molecule has 1 unspecified atom stereocenters. The molecule has 0 spiro atoms. The molecule has 25 heavy (non-hydrogen) atoms. The summed E-state index contributed by atoms with van der Waals surface area (Å²) in [6.45, 7) is 7.10. The highest BCUT2D eigenvalue weighted by Gasteiger charge is 2.27. The monoisotopic (exact) mass is 364 g/mol. The van der Waals surface area contributed by atoms with Gasteiger partial charge in [-0.15, -0.1) is 0 Å². The Bertz CT molecular complexity index is 728. The molecule has 0 radical (unpaired) electrons. The Kier molecular flexibility index (Phi) is 7.39. The zero-order chi connectivity index (χ0) is 19.1. The number of rotatable bonds is 6. The van der Waals surface area contributed by atoms with Gasteiger partial charge in [-0.05, 0) is 25.8 Å². The summed E-state index contributed by atoms with van der Waals surface area (Å²) >= 11 is 1.04. The first-order valence-corrected chi connectivity index (χ1v) is 8.45. The van der Waals surface area contributed by atoms with Gasteiger partial charge in [-0.2, -0.15) is 5.26 Å². The van der Waals surface area contributed by atoms with Gasteiger partial charge < -0.3 is 10.5 Å². The van der Waals surface area contributed by atoms with Crippen LogP contribution in [0.2, 0.25) is 0 Å². The molecule has 0 aliphatic carbocycles. The maximum absolute atomic E-state index is 12.1. The summed E-state index contributed by atoms with van der Waals surface area (Å²) in [5.41, 5.74) is 5.72. The molecule has 1 heterocycles. The molecule has 1 aromatic rings. The fourth-order valence-corrected chi connectivity index (χ4v) is 3.07. The molecule has 134 valence electrons. The number of nitrogens with zero attached hydrogens (tertiary/aromatic N) is 2. The zero-order valence-corrected chi connectivity index (χ0v) is 15.3. The number of esters is 1. The van der Waals surface area contributed by atoms with Crippen molar-refractivity contribution in [2.45, 2.75) is 38.0 Å². The van der Waals surface area contributed by atoms with E-state index in [0.717, 1.165) is 11.8 Å². The van der Waals surface area contributed by atoms with Gasteiger partial charge in [0.2, 0.25) is 5.91 Å². The normalized spacial score (nSPS) is 11.5. The first-order chi connectivity index (χ1) is 11.7. The van der Waals surface area contributed by atoms with Crippen LogP contribution in [0.15, 0.2) is 11.1 Å². The molecule has 9 heteroatoms. The second-order valence-electron chi connectivity index (χ2n) is 5.44. The molecule has 0 bridgehead atoms. The van der Waals surface area contributed by atoms with Crippen molar-refractivity contribution in [1.82, 2.24) is 10.3 Å². The van der Waals surface area contributed by atoms with Crippen molar-refractivity contribution in [3.05, 3.63) is 22.9 Å². The summed E-state index contributed by atoms with van der Waals surface area (Å²) in [4.78, 5) is 39.2. The lowest BCUT2D eigenvalue weighted by molar-refractivity contribution is -0.120. The molecule has 3 N–H and O–H groups in total. The Hall–Kier alpha value is -2.60. The topological polar surface area (TPSA) is 135 Å². The van der Waals surface area contributed by atoms with Gasteiger partial charge in [0.25, 0.3) is 0 Å². The smallest absolute Gasteiger partial charge is 0.340 e. The highest BCUT2D eigenvalue weighted by Crippen LogP contribution is 2.30. The zero-order valence-electron chi connectivity index (χ0n) is 14.5. The Morgan fingerprint density at radius 2 is 2.08 bits per heavy atom. The number of urea groups is 1. The van der Waals surface area contributed by atoms with Crippen LogP contribution < -0.4 is 11.1 Å². The number of imide groups is 1. The van der Waals surface area contributed by atoms with E-state index in [1.165, 1.54) is 6.07 Å². The molecular formula is C16H20N4O4S. The fraction of sp³-hybridized carbons (Fsp3) is 0.438. The summed E-state index contributed by atoms with van der Waals surface area (Å²) < 4.78 is 4.94. The Balaban J connectivity index is 3.21. The molecule has 1 rings (SSSR count). The minimum absolute atomic E-state index is 0.149. The van der Waals surface area contributed by atoms with Crippen LogP contribution in [-0.2, 0) is 9.53 Å². The van der Waals surface area contributed by atoms with Gasteiger partial charge in [0.1, 0.15) is 11.1 Å². The summed E-state index contributed by atoms with van der Waals surface area (Å²) in [7, 11) is 0. The molecule has 0 fully saturated rings. The van der Waals surface area contributed by atoms with E-state index in [9.17, 15) is 19.6 Å². The van der Waals surface area contributed by atoms with E-state index in [1.807, 2.05) is 11.4 Å². The molecule has 0 aliphatic rings. The van der Waals surface area contributed by atoms with Gasteiger partial charge in [0.05, 0.1) is 28.7 Å². The van der Waals surface area contributed by atoms with Gasteiger partial charge in [-0.1, -0.05) is 25.6 Å². The van der Waals surface area contributed by atoms with Crippen LogP contribution in [0.3, 0.4) is 0 Å². The lowest BCUT2D eigenvalue weighted by Crippen LogP contribution is -2.42. The number of carbonyl (C=O) groups is 3. The fourth-order valence-electron chi connectivity index (χ4n) is 1.97. The minimum Gasteiger partial charge on any atom is -0.462 e. The largest absolute Gasteiger partial charge is 0.462 e. The number of nitrogens with one attached hydrogen (secondary N) is 1. The third-order valence-electron chi connectivity index (χ3n) is 3.14. The SMILES string of the molecule is CCOC(=O)c1cc(C#N)c(SC(C(=O)NC(N)=O)C(C)C)nc1C. The Morgan fingerprint density at radius 3 is 2.56 bits per heavy atom. The number of hydrogen-bond donors (Lipinski definition) is 2.